The van der Waals surface area contributed by atoms with Crippen molar-refractivity contribution in [1.82, 2.24) is 24.2 Å². The SMILES string of the molecule is CCN(CC)S(=O)(=O)c1ccc(CNC(=O)c2cnn3c(-c4ccccc4)ccnc23)cc1. The molecule has 0 aliphatic heterocycles. The molecule has 0 aliphatic carbocycles. The summed E-state index contributed by atoms with van der Waals surface area (Å²) < 4.78 is 28.3. The number of nitrogens with zero attached hydrogens (tertiary/aromatic N) is 4. The molecule has 0 atom stereocenters. The topological polar surface area (TPSA) is 96.7 Å². The maximum atomic E-state index is 12.8. The standard InChI is InChI=1S/C24H25N5O3S/c1-3-28(4-2)33(31,32)20-12-10-18(11-13-20)16-26-24(30)21-17-27-29-22(14-15-25-23(21)29)19-8-6-5-7-9-19/h5-15,17H,3-4,16H2,1-2H3,(H,26,30). The number of carbonyl (C=O) groups excluding carboxylic acids is 1. The minimum absolute atomic E-state index is 0.238. The lowest BCUT2D eigenvalue weighted by Gasteiger charge is -2.18. The van der Waals surface area contributed by atoms with E-state index in [1.807, 2.05) is 50.2 Å². The minimum atomic E-state index is -3.51. The van der Waals surface area contributed by atoms with E-state index in [-0.39, 0.29) is 17.3 Å². The molecule has 1 amide bonds. The maximum absolute atomic E-state index is 12.8. The molecule has 0 unspecified atom stereocenters. The van der Waals surface area contributed by atoms with E-state index in [0.29, 0.717) is 24.3 Å². The lowest BCUT2D eigenvalue weighted by Crippen LogP contribution is -2.30. The number of benzene rings is 2. The lowest BCUT2D eigenvalue weighted by atomic mass is 10.1. The average molecular weight is 464 g/mol. The number of nitrogens with one attached hydrogen (secondary N) is 1. The van der Waals surface area contributed by atoms with E-state index < -0.39 is 10.0 Å². The molecule has 0 fully saturated rings. The van der Waals surface area contributed by atoms with Gasteiger partial charge in [0, 0.05) is 31.4 Å². The van der Waals surface area contributed by atoms with Crippen molar-refractivity contribution in [2.75, 3.05) is 13.1 Å². The van der Waals surface area contributed by atoms with Gasteiger partial charge in [-0.3, -0.25) is 4.79 Å². The molecule has 0 saturated carbocycles. The molecule has 2 aromatic heterocycles. The van der Waals surface area contributed by atoms with Gasteiger partial charge in [-0.1, -0.05) is 56.3 Å². The zero-order chi connectivity index (χ0) is 23.4. The first kappa shape index (κ1) is 22.6. The highest BCUT2D eigenvalue weighted by Crippen LogP contribution is 2.21. The van der Waals surface area contributed by atoms with Crippen LogP contribution >= 0.6 is 0 Å². The molecule has 0 radical (unpaired) electrons. The summed E-state index contributed by atoms with van der Waals surface area (Å²) in [6.07, 6.45) is 3.16. The molecule has 4 rings (SSSR count). The number of hydrogen-bond donors (Lipinski definition) is 1. The van der Waals surface area contributed by atoms with Crippen LogP contribution in [-0.4, -0.2) is 46.3 Å². The molecule has 33 heavy (non-hydrogen) atoms. The van der Waals surface area contributed by atoms with Crippen molar-refractivity contribution in [3.05, 3.63) is 84.2 Å². The van der Waals surface area contributed by atoms with Crippen molar-refractivity contribution in [3.8, 4) is 11.3 Å². The first-order valence-corrected chi connectivity index (χ1v) is 12.1. The van der Waals surface area contributed by atoms with Crippen molar-refractivity contribution < 1.29 is 13.2 Å². The molecule has 4 aromatic rings. The Kier molecular flexibility index (Phi) is 6.52. The van der Waals surface area contributed by atoms with Gasteiger partial charge in [-0.15, -0.1) is 0 Å². The summed E-state index contributed by atoms with van der Waals surface area (Å²) >= 11 is 0. The Bertz CT molecular complexity index is 1360. The van der Waals surface area contributed by atoms with Crippen LogP contribution in [0.2, 0.25) is 0 Å². The summed E-state index contributed by atoms with van der Waals surface area (Å²) in [6, 6.07) is 18.2. The Balaban J connectivity index is 1.50. The fourth-order valence-electron chi connectivity index (χ4n) is 3.65. The second kappa shape index (κ2) is 9.51. The van der Waals surface area contributed by atoms with Crippen LogP contribution in [0.5, 0.6) is 0 Å². The third-order valence-electron chi connectivity index (χ3n) is 5.44. The molecule has 2 aromatic carbocycles. The molecule has 0 spiro atoms. The zero-order valence-corrected chi connectivity index (χ0v) is 19.3. The van der Waals surface area contributed by atoms with Gasteiger partial charge in [-0.2, -0.15) is 9.40 Å². The van der Waals surface area contributed by atoms with Crippen LogP contribution in [0.3, 0.4) is 0 Å². The van der Waals surface area contributed by atoms with E-state index in [9.17, 15) is 13.2 Å². The quantitative estimate of drug-likeness (QED) is 0.432. The second-order valence-electron chi connectivity index (χ2n) is 7.41. The van der Waals surface area contributed by atoms with Crippen LogP contribution in [0, 0.1) is 0 Å². The Hall–Kier alpha value is -3.56. The van der Waals surface area contributed by atoms with Crippen molar-refractivity contribution in [1.29, 1.82) is 0 Å². The molecule has 0 saturated heterocycles. The van der Waals surface area contributed by atoms with E-state index in [4.69, 9.17) is 0 Å². The largest absolute Gasteiger partial charge is 0.348 e. The highest BCUT2D eigenvalue weighted by atomic mass is 32.2. The second-order valence-corrected chi connectivity index (χ2v) is 9.34. The van der Waals surface area contributed by atoms with Gasteiger partial charge in [-0.25, -0.2) is 17.9 Å². The van der Waals surface area contributed by atoms with Crippen LogP contribution in [0.1, 0.15) is 29.8 Å². The smallest absolute Gasteiger partial charge is 0.257 e. The van der Waals surface area contributed by atoms with Gasteiger partial charge < -0.3 is 5.32 Å². The first-order valence-electron chi connectivity index (χ1n) is 10.7. The van der Waals surface area contributed by atoms with Gasteiger partial charge in [0.05, 0.1) is 16.8 Å². The van der Waals surface area contributed by atoms with Crippen molar-refractivity contribution in [2.45, 2.75) is 25.3 Å². The molecule has 9 heteroatoms. The summed E-state index contributed by atoms with van der Waals surface area (Å²) in [5.41, 5.74) is 3.43. The number of amides is 1. The van der Waals surface area contributed by atoms with Gasteiger partial charge in [0.15, 0.2) is 5.65 Å². The summed E-state index contributed by atoms with van der Waals surface area (Å²) in [5, 5.41) is 7.23. The Morgan fingerprint density at radius 3 is 2.36 bits per heavy atom. The number of sulfonamides is 1. The first-order chi connectivity index (χ1) is 16.0. The molecule has 170 valence electrons. The number of carbonyl (C=O) groups is 1. The number of aromatic nitrogens is 3. The van der Waals surface area contributed by atoms with Crippen LogP contribution in [0.15, 0.2) is 78.0 Å². The predicted molar refractivity (Wildman–Crippen MR) is 126 cm³/mol. The molecular weight excluding hydrogens is 438 g/mol. The molecule has 8 nitrogen and oxygen atoms in total. The van der Waals surface area contributed by atoms with Gasteiger partial charge in [0.2, 0.25) is 10.0 Å². The monoisotopic (exact) mass is 463 g/mol. The van der Waals surface area contributed by atoms with Gasteiger partial charge in [0.1, 0.15) is 5.56 Å². The highest BCUT2D eigenvalue weighted by molar-refractivity contribution is 7.89. The van der Waals surface area contributed by atoms with Gasteiger partial charge in [0.25, 0.3) is 5.91 Å². The van der Waals surface area contributed by atoms with Crippen LogP contribution in [-0.2, 0) is 16.6 Å². The lowest BCUT2D eigenvalue weighted by molar-refractivity contribution is 0.0952. The summed E-state index contributed by atoms with van der Waals surface area (Å²) in [6.45, 7) is 4.69. The molecule has 1 N–H and O–H groups in total. The van der Waals surface area contributed by atoms with Gasteiger partial charge in [-0.05, 0) is 23.8 Å². The minimum Gasteiger partial charge on any atom is -0.348 e. The van der Waals surface area contributed by atoms with E-state index in [2.05, 4.69) is 15.4 Å². The third kappa shape index (κ3) is 4.50. The summed E-state index contributed by atoms with van der Waals surface area (Å²) in [4.78, 5) is 17.4. The van der Waals surface area contributed by atoms with Crippen LogP contribution in [0.4, 0.5) is 0 Å². The van der Waals surface area contributed by atoms with Crippen molar-refractivity contribution >= 4 is 21.6 Å². The number of hydrogen-bond acceptors (Lipinski definition) is 5. The van der Waals surface area contributed by atoms with Crippen LogP contribution in [0.25, 0.3) is 16.9 Å². The predicted octanol–water partition coefficient (Wildman–Crippen LogP) is 3.36. The van der Waals surface area contributed by atoms with Crippen LogP contribution < -0.4 is 5.32 Å². The van der Waals surface area contributed by atoms with Gasteiger partial charge >= 0.3 is 0 Å². The Morgan fingerprint density at radius 1 is 1.00 bits per heavy atom. The molecule has 0 bridgehead atoms. The normalized spacial score (nSPS) is 11.7. The van der Waals surface area contributed by atoms with E-state index in [0.717, 1.165) is 16.8 Å². The average Bonchev–Trinajstić information content (AvgIpc) is 3.28. The Morgan fingerprint density at radius 2 is 1.70 bits per heavy atom. The molecule has 2 heterocycles. The Labute approximate surface area is 192 Å². The van der Waals surface area contributed by atoms with E-state index in [1.54, 1.807) is 35.0 Å². The molecule has 0 aliphatic rings. The van der Waals surface area contributed by atoms with E-state index >= 15 is 0 Å². The van der Waals surface area contributed by atoms with Crippen molar-refractivity contribution in [3.63, 3.8) is 0 Å². The van der Waals surface area contributed by atoms with E-state index in [1.165, 1.54) is 10.5 Å². The summed E-state index contributed by atoms with van der Waals surface area (Å²) in [5.74, 6) is -0.303. The fraction of sp³-hybridized carbons (Fsp3) is 0.208. The molecular formula is C24H25N5O3S. The van der Waals surface area contributed by atoms with Crippen molar-refractivity contribution in [2.24, 2.45) is 0 Å². The maximum Gasteiger partial charge on any atom is 0.257 e. The summed E-state index contributed by atoms with van der Waals surface area (Å²) in [7, 11) is -3.51. The third-order valence-corrected chi connectivity index (χ3v) is 7.50. The zero-order valence-electron chi connectivity index (χ0n) is 18.5. The highest BCUT2D eigenvalue weighted by Gasteiger charge is 2.21. The fourth-order valence-corrected chi connectivity index (χ4v) is 5.11. The number of fused-ring (bicyclic) bond motifs is 1. The number of rotatable bonds is 8.